The molecule has 0 radical (unpaired) electrons. The molecule has 2 amide bonds. The molecule has 0 saturated heterocycles. The lowest BCUT2D eigenvalue weighted by molar-refractivity contribution is -0.126. The van der Waals surface area contributed by atoms with Crippen LogP contribution in [0.15, 0.2) is 24.3 Å². The van der Waals surface area contributed by atoms with Crippen molar-refractivity contribution in [2.24, 2.45) is 0 Å². The molecule has 2 rings (SSSR count). The third-order valence-electron chi connectivity index (χ3n) is 3.40. The number of nitrogens with one attached hydrogen (secondary N) is 2. The van der Waals surface area contributed by atoms with E-state index in [1.807, 2.05) is 25.1 Å². The van der Waals surface area contributed by atoms with Crippen LogP contribution >= 0.6 is 11.3 Å². The number of thiazole rings is 1. The molecule has 23 heavy (non-hydrogen) atoms. The molecule has 0 aliphatic rings. The maximum atomic E-state index is 11.7. The number of para-hydroxylation sites is 1. The molecule has 1 aromatic carbocycles. The van der Waals surface area contributed by atoms with Crippen molar-refractivity contribution in [3.8, 4) is 0 Å². The number of hydrogen-bond donors (Lipinski definition) is 2. The number of hydrogen-bond acceptors (Lipinski definition) is 4. The number of unbranched alkanes of at least 4 members (excludes halogenated alkanes) is 1. The fraction of sp³-hybridized carbons (Fsp3) is 0.471. The van der Waals surface area contributed by atoms with Gasteiger partial charge in [0.15, 0.2) is 0 Å². The number of nitrogens with zero attached hydrogens (tertiary/aromatic N) is 1. The van der Waals surface area contributed by atoms with Crippen LogP contribution in [0.2, 0.25) is 0 Å². The van der Waals surface area contributed by atoms with Gasteiger partial charge in [-0.25, -0.2) is 4.98 Å². The number of rotatable bonds is 9. The number of aromatic nitrogens is 1. The molecule has 2 aromatic rings. The summed E-state index contributed by atoms with van der Waals surface area (Å²) in [5, 5.41) is 6.49. The van der Waals surface area contributed by atoms with E-state index in [1.165, 1.54) is 4.70 Å². The number of carbonyl (C=O) groups excluding carboxylic acids is 2. The molecule has 2 N–H and O–H groups in total. The maximum absolute atomic E-state index is 11.7. The average molecular weight is 333 g/mol. The van der Waals surface area contributed by atoms with Crippen molar-refractivity contribution < 1.29 is 9.59 Å². The normalized spacial score (nSPS) is 10.7. The largest absolute Gasteiger partial charge is 0.355 e. The van der Waals surface area contributed by atoms with Gasteiger partial charge in [0.1, 0.15) is 0 Å². The fourth-order valence-corrected chi connectivity index (χ4v) is 3.19. The van der Waals surface area contributed by atoms with E-state index in [2.05, 4.69) is 21.7 Å². The van der Waals surface area contributed by atoms with E-state index in [-0.39, 0.29) is 18.4 Å². The van der Waals surface area contributed by atoms with Gasteiger partial charge < -0.3 is 10.6 Å². The second-order valence-electron chi connectivity index (χ2n) is 5.41. The zero-order valence-corrected chi connectivity index (χ0v) is 14.2. The Bertz CT molecular complexity index is 621. The first-order chi connectivity index (χ1) is 11.2. The van der Waals surface area contributed by atoms with Gasteiger partial charge in [-0.3, -0.25) is 9.59 Å². The summed E-state index contributed by atoms with van der Waals surface area (Å²) in [6.45, 7) is 2.71. The highest BCUT2D eigenvalue weighted by Gasteiger charge is 2.06. The van der Waals surface area contributed by atoms with Crippen molar-refractivity contribution in [3.63, 3.8) is 0 Å². The highest BCUT2D eigenvalue weighted by atomic mass is 32.1. The molecule has 1 heterocycles. The second kappa shape index (κ2) is 9.25. The Hall–Kier alpha value is -1.95. The molecule has 5 nitrogen and oxygen atoms in total. The monoisotopic (exact) mass is 333 g/mol. The van der Waals surface area contributed by atoms with E-state index in [1.54, 1.807) is 11.3 Å². The van der Waals surface area contributed by atoms with Crippen molar-refractivity contribution in [2.75, 3.05) is 13.1 Å². The van der Waals surface area contributed by atoms with E-state index in [9.17, 15) is 9.59 Å². The van der Waals surface area contributed by atoms with Gasteiger partial charge in [0, 0.05) is 13.0 Å². The van der Waals surface area contributed by atoms with Gasteiger partial charge >= 0.3 is 0 Å². The smallest absolute Gasteiger partial charge is 0.239 e. The van der Waals surface area contributed by atoms with Gasteiger partial charge in [-0.05, 0) is 37.8 Å². The van der Waals surface area contributed by atoms with Crippen LogP contribution in [0.5, 0.6) is 0 Å². The zero-order chi connectivity index (χ0) is 16.5. The standard InChI is InChI=1S/C17H23N3O2S/c1-2-11-18-16(22)12-19-15(21)9-5-6-10-17-20-13-7-3-4-8-14(13)23-17/h3-4,7-8H,2,5-6,9-12H2,1H3,(H,18,22)(H,19,21). The minimum Gasteiger partial charge on any atom is -0.355 e. The number of fused-ring (bicyclic) bond motifs is 1. The van der Waals surface area contributed by atoms with E-state index in [4.69, 9.17) is 0 Å². The first kappa shape index (κ1) is 17.4. The molecule has 0 unspecified atom stereocenters. The Labute approximate surface area is 140 Å². The summed E-state index contributed by atoms with van der Waals surface area (Å²) in [6.07, 6.45) is 3.97. The van der Waals surface area contributed by atoms with Gasteiger partial charge in [-0.1, -0.05) is 19.1 Å². The topological polar surface area (TPSA) is 71.1 Å². The molecule has 0 bridgehead atoms. The Morgan fingerprint density at radius 3 is 2.74 bits per heavy atom. The molecule has 0 fully saturated rings. The first-order valence-electron chi connectivity index (χ1n) is 8.07. The summed E-state index contributed by atoms with van der Waals surface area (Å²) in [5.74, 6) is -0.198. The molecule has 0 spiro atoms. The predicted molar refractivity (Wildman–Crippen MR) is 93.5 cm³/mol. The van der Waals surface area contributed by atoms with Crippen molar-refractivity contribution in [3.05, 3.63) is 29.3 Å². The summed E-state index contributed by atoms with van der Waals surface area (Å²) >= 11 is 1.71. The maximum Gasteiger partial charge on any atom is 0.239 e. The summed E-state index contributed by atoms with van der Waals surface area (Å²) in [7, 11) is 0. The Morgan fingerprint density at radius 2 is 1.96 bits per heavy atom. The quantitative estimate of drug-likeness (QED) is 0.693. The Morgan fingerprint density at radius 1 is 1.13 bits per heavy atom. The lowest BCUT2D eigenvalue weighted by atomic mass is 10.2. The molecule has 0 aliphatic carbocycles. The van der Waals surface area contributed by atoms with Crippen LogP contribution in [0.1, 0.15) is 37.6 Å². The molecule has 1 aromatic heterocycles. The predicted octanol–water partition coefficient (Wildman–Crippen LogP) is 2.65. The summed E-state index contributed by atoms with van der Waals surface area (Å²) < 4.78 is 1.21. The van der Waals surface area contributed by atoms with E-state index in [0.29, 0.717) is 13.0 Å². The molecular formula is C17H23N3O2S. The molecule has 0 atom stereocenters. The third kappa shape index (κ3) is 5.98. The van der Waals surface area contributed by atoms with Crippen LogP contribution in [0.4, 0.5) is 0 Å². The van der Waals surface area contributed by atoms with Crippen molar-refractivity contribution in [2.45, 2.75) is 39.0 Å². The van der Waals surface area contributed by atoms with Crippen LogP contribution in [-0.2, 0) is 16.0 Å². The van der Waals surface area contributed by atoms with Crippen LogP contribution in [0.3, 0.4) is 0 Å². The molecule has 0 aliphatic heterocycles. The number of aryl methyl sites for hydroxylation is 1. The number of benzene rings is 1. The zero-order valence-electron chi connectivity index (χ0n) is 13.4. The van der Waals surface area contributed by atoms with Gasteiger partial charge in [0.2, 0.25) is 11.8 Å². The lowest BCUT2D eigenvalue weighted by Crippen LogP contribution is -2.37. The van der Waals surface area contributed by atoms with Gasteiger partial charge in [0.05, 0.1) is 21.8 Å². The van der Waals surface area contributed by atoms with Crippen molar-refractivity contribution >= 4 is 33.4 Å². The fourth-order valence-electron chi connectivity index (χ4n) is 2.18. The third-order valence-corrected chi connectivity index (χ3v) is 4.50. The average Bonchev–Trinajstić information content (AvgIpc) is 2.97. The summed E-state index contributed by atoms with van der Waals surface area (Å²) in [6, 6.07) is 8.11. The molecule has 0 saturated carbocycles. The van der Waals surface area contributed by atoms with Crippen LogP contribution in [-0.4, -0.2) is 29.9 Å². The SMILES string of the molecule is CCCNC(=O)CNC(=O)CCCCc1nc2ccccc2s1. The van der Waals surface area contributed by atoms with E-state index in [0.717, 1.165) is 36.2 Å². The summed E-state index contributed by atoms with van der Waals surface area (Å²) in [4.78, 5) is 27.6. The minimum atomic E-state index is -0.130. The minimum absolute atomic E-state index is 0.0662. The van der Waals surface area contributed by atoms with Crippen molar-refractivity contribution in [1.82, 2.24) is 15.6 Å². The van der Waals surface area contributed by atoms with E-state index < -0.39 is 0 Å². The van der Waals surface area contributed by atoms with Crippen LogP contribution in [0, 0.1) is 0 Å². The highest BCUT2D eigenvalue weighted by Crippen LogP contribution is 2.22. The molecular weight excluding hydrogens is 310 g/mol. The highest BCUT2D eigenvalue weighted by molar-refractivity contribution is 7.18. The Balaban J connectivity index is 1.61. The summed E-state index contributed by atoms with van der Waals surface area (Å²) in [5.41, 5.74) is 1.04. The second-order valence-corrected chi connectivity index (χ2v) is 6.52. The van der Waals surface area contributed by atoms with Crippen LogP contribution in [0.25, 0.3) is 10.2 Å². The van der Waals surface area contributed by atoms with Crippen molar-refractivity contribution in [1.29, 1.82) is 0 Å². The van der Waals surface area contributed by atoms with Gasteiger partial charge in [-0.2, -0.15) is 0 Å². The van der Waals surface area contributed by atoms with Crippen LogP contribution < -0.4 is 10.6 Å². The number of carbonyl (C=O) groups is 2. The number of amides is 2. The van der Waals surface area contributed by atoms with Gasteiger partial charge in [0.25, 0.3) is 0 Å². The Kier molecular flexibility index (Phi) is 7.00. The molecule has 6 heteroatoms. The lowest BCUT2D eigenvalue weighted by Gasteiger charge is -2.05. The molecule has 124 valence electrons. The van der Waals surface area contributed by atoms with Gasteiger partial charge in [-0.15, -0.1) is 11.3 Å². The van der Waals surface area contributed by atoms with E-state index >= 15 is 0 Å². The first-order valence-corrected chi connectivity index (χ1v) is 8.88.